The lowest BCUT2D eigenvalue weighted by molar-refractivity contribution is 0.200. The van der Waals surface area contributed by atoms with E-state index in [1.165, 1.54) is 30.9 Å². The number of carbonyl (C=O) groups is 1. The van der Waals surface area contributed by atoms with E-state index in [2.05, 4.69) is 15.3 Å². The molecule has 3 aromatic rings. The third-order valence-electron chi connectivity index (χ3n) is 2.89. The Morgan fingerprint density at radius 2 is 2.23 bits per heavy atom. The first kappa shape index (κ1) is 14.4. The van der Waals surface area contributed by atoms with Crippen LogP contribution in [0.2, 0.25) is 0 Å². The molecule has 0 radical (unpaired) electrons. The molecule has 0 unspecified atom stereocenters. The molecule has 1 aromatic carbocycles. The van der Waals surface area contributed by atoms with Crippen LogP contribution in [0.5, 0.6) is 5.88 Å². The molecule has 0 spiro atoms. The van der Waals surface area contributed by atoms with Crippen molar-refractivity contribution in [1.29, 1.82) is 0 Å². The second-order valence-electron chi connectivity index (χ2n) is 4.38. The van der Waals surface area contributed by atoms with Crippen LogP contribution in [0.15, 0.2) is 52.4 Å². The van der Waals surface area contributed by atoms with E-state index in [4.69, 9.17) is 4.74 Å². The molecule has 5 nitrogen and oxygen atoms in total. The van der Waals surface area contributed by atoms with Crippen molar-refractivity contribution in [3.8, 4) is 5.88 Å². The van der Waals surface area contributed by atoms with Gasteiger partial charge in [0, 0.05) is 18.1 Å². The molecule has 0 aliphatic carbocycles. The SMILES string of the molecule is CNC(=O)Oc1[nH]c2cccnc2c1Sc1cccc(F)c1. The van der Waals surface area contributed by atoms with Crippen LogP contribution in [-0.4, -0.2) is 23.1 Å². The van der Waals surface area contributed by atoms with E-state index in [-0.39, 0.29) is 11.7 Å². The van der Waals surface area contributed by atoms with Gasteiger partial charge in [0.15, 0.2) is 0 Å². The molecule has 2 aromatic heterocycles. The summed E-state index contributed by atoms with van der Waals surface area (Å²) in [4.78, 5) is 20.1. The van der Waals surface area contributed by atoms with Crippen molar-refractivity contribution in [3.63, 3.8) is 0 Å². The maximum Gasteiger partial charge on any atom is 0.413 e. The smallest absolute Gasteiger partial charge is 0.392 e. The van der Waals surface area contributed by atoms with Crippen LogP contribution < -0.4 is 10.1 Å². The van der Waals surface area contributed by atoms with Gasteiger partial charge >= 0.3 is 6.09 Å². The Hall–Kier alpha value is -2.54. The summed E-state index contributed by atoms with van der Waals surface area (Å²) in [5.74, 6) is -0.0473. The third-order valence-corrected chi connectivity index (χ3v) is 3.96. The highest BCUT2D eigenvalue weighted by Crippen LogP contribution is 2.39. The zero-order valence-corrected chi connectivity index (χ0v) is 12.4. The summed E-state index contributed by atoms with van der Waals surface area (Å²) in [6, 6.07) is 9.79. The highest BCUT2D eigenvalue weighted by Gasteiger charge is 2.17. The van der Waals surface area contributed by atoms with Gasteiger partial charge in [0.1, 0.15) is 16.2 Å². The van der Waals surface area contributed by atoms with E-state index in [0.29, 0.717) is 15.3 Å². The molecule has 0 saturated heterocycles. The number of amides is 1. The number of rotatable bonds is 3. The van der Waals surface area contributed by atoms with E-state index in [9.17, 15) is 9.18 Å². The minimum absolute atomic E-state index is 0.280. The largest absolute Gasteiger partial charge is 0.413 e. The third kappa shape index (κ3) is 2.89. The summed E-state index contributed by atoms with van der Waals surface area (Å²) in [5.41, 5.74) is 1.40. The summed E-state index contributed by atoms with van der Waals surface area (Å²) in [6.45, 7) is 0. The Morgan fingerprint density at radius 3 is 3.00 bits per heavy atom. The number of hydrogen-bond donors (Lipinski definition) is 2. The molecule has 2 N–H and O–H groups in total. The average molecular weight is 317 g/mol. The van der Waals surface area contributed by atoms with Gasteiger partial charge in [-0.05, 0) is 30.3 Å². The molecule has 2 heterocycles. The lowest BCUT2D eigenvalue weighted by Gasteiger charge is -2.05. The maximum absolute atomic E-state index is 13.3. The molecule has 3 rings (SSSR count). The minimum atomic E-state index is -0.590. The number of nitrogens with one attached hydrogen (secondary N) is 2. The molecule has 0 aliphatic heterocycles. The van der Waals surface area contributed by atoms with Gasteiger partial charge in [-0.3, -0.25) is 4.98 Å². The molecule has 0 aliphatic rings. The molecule has 0 saturated carbocycles. The topological polar surface area (TPSA) is 67.0 Å². The van der Waals surface area contributed by atoms with Crippen LogP contribution in [0.25, 0.3) is 11.0 Å². The van der Waals surface area contributed by atoms with Crippen molar-refractivity contribution < 1.29 is 13.9 Å². The van der Waals surface area contributed by atoms with E-state index < -0.39 is 6.09 Å². The number of carbonyl (C=O) groups excluding carboxylic acids is 1. The predicted molar refractivity (Wildman–Crippen MR) is 81.7 cm³/mol. The first-order valence-electron chi connectivity index (χ1n) is 6.47. The molecule has 0 bridgehead atoms. The van der Waals surface area contributed by atoms with Crippen molar-refractivity contribution in [2.45, 2.75) is 9.79 Å². The summed E-state index contributed by atoms with van der Waals surface area (Å²) in [7, 11) is 1.47. The predicted octanol–water partition coefficient (Wildman–Crippen LogP) is 3.57. The highest BCUT2D eigenvalue weighted by atomic mass is 32.2. The number of halogens is 1. The average Bonchev–Trinajstić information content (AvgIpc) is 2.85. The van der Waals surface area contributed by atoms with Crippen LogP contribution in [0.4, 0.5) is 9.18 Å². The van der Waals surface area contributed by atoms with E-state index in [1.807, 2.05) is 6.07 Å². The molecule has 0 atom stereocenters. The van der Waals surface area contributed by atoms with Crippen molar-refractivity contribution >= 4 is 28.9 Å². The highest BCUT2D eigenvalue weighted by molar-refractivity contribution is 7.99. The molecular formula is C15H12FN3O2S. The molecule has 22 heavy (non-hydrogen) atoms. The van der Waals surface area contributed by atoms with Crippen molar-refractivity contribution in [1.82, 2.24) is 15.3 Å². The van der Waals surface area contributed by atoms with Gasteiger partial charge in [-0.2, -0.15) is 0 Å². The number of aromatic amines is 1. The van der Waals surface area contributed by atoms with E-state index >= 15 is 0 Å². The van der Waals surface area contributed by atoms with Gasteiger partial charge in [-0.15, -0.1) is 0 Å². The number of nitrogens with zero attached hydrogens (tertiary/aromatic N) is 1. The first-order valence-corrected chi connectivity index (χ1v) is 7.28. The van der Waals surface area contributed by atoms with Crippen LogP contribution in [-0.2, 0) is 0 Å². The number of fused-ring (bicyclic) bond motifs is 1. The number of pyridine rings is 1. The molecule has 112 valence electrons. The fourth-order valence-corrected chi connectivity index (χ4v) is 2.93. The quantitative estimate of drug-likeness (QED) is 0.775. The van der Waals surface area contributed by atoms with Gasteiger partial charge in [-0.25, -0.2) is 9.18 Å². The van der Waals surface area contributed by atoms with Gasteiger partial charge in [0.05, 0.1) is 5.52 Å². The van der Waals surface area contributed by atoms with Crippen LogP contribution >= 0.6 is 11.8 Å². The lowest BCUT2D eigenvalue weighted by atomic mass is 10.3. The van der Waals surface area contributed by atoms with Gasteiger partial charge in [0.2, 0.25) is 5.88 Å². The zero-order valence-electron chi connectivity index (χ0n) is 11.6. The van der Waals surface area contributed by atoms with Crippen molar-refractivity contribution in [3.05, 3.63) is 48.4 Å². The Balaban J connectivity index is 2.05. The number of benzene rings is 1. The van der Waals surface area contributed by atoms with Crippen molar-refractivity contribution in [2.24, 2.45) is 0 Å². The summed E-state index contributed by atoms with van der Waals surface area (Å²) in [6.07, 6.45) is 1.06. The molecule has 0 fully saturated rings. The van der Waals surface area contributed by atoms with Crippen molar-refractivity contribution in [2.75, 3.05) is 7.05 Å². The molecule has 7 heteroatoms. The van der Waals surface area contributed by atoms with Gasteiger partial charge in [0.25, 0.3) is 0 Å². The minimum Gasteiger partial charge on any atom is -0.392 e. The normalized spacial score (nSPS) is 10.6. The van der Waals surface area contributed by atoms with Crippen LogP contribution in [0.3, 0.4) is 0 Å². The Morgan fingerprint density at radius 1 is 1.36 bits per heavy atom. The Labute approximate surface area is 129 Å². The van der Waals surface area contributed by atoms with Gasteiger partial charge < -0.3 is 15.0 Å². The van der Waals surface area contributed by atoms with E-state index in [0.717, 1.165) is 5.52 Å². The second kappa shape index (κ2) is 6.07. The monoisotopic (exact) mass is 317 g/mol. The van der Waals surface area contributed by atoms with Crippen LogP contribution in [0.1, 0.15) is 0 Å². The Kier molecular flexibility index (Phi) is 3.97. The number of H-pyrrole nitrogens is 1. The van der Waals surface area contributed by atoms with Gasteiger partial charge in [-0.1, -0.05) is 17.8 Å². The molecule has 1 amide bonds. The summed E-state index contributed by atoms with van der Waals surface area (Å²) in [5, 5.41) is 2.39. The first-order chi connectivity index (χ1) is 10.7. The molecular weight excluding hydrogens is 305 g/mol. The number of aromatic nitrogens is 2. The fraction of sp³-hybridized carbons (Fsp3) is 0.0667. The van der Waals surface area contributed by atoms with E-state index in [1.54, 1.807) is 24.4 Å². The number of hydrogen-bond acceptors (Lipinski definition) is 4. The Bertz CT molecular complexity index is 835. The standard InChI is InChI=1S/C15H12FN3O2S/c1-17-15(20)21-14-13(12-11(19-14)6-3-7-18-12)22-10-5-2-4-9(16)8-10/h2-8,19H,1H3,(H,17,20). The maximum atomic E-state index is 13.3. The summed E-state index contributed by atoms with van der Waals surface area (Å²) >= 11 is 1.28. The summed E-state index contributed by atoms with van der Waals surface area (Å²) < 4.78 is 18.6. The van der Waals surface area contributed by atoms with Crippen LogP contribution in [0, 0.1) is 5.82 Å². The zero-order chi connectivity index (χ0) is 15.5. The lowest BCUT2D eigenvalue weighted by Crippen LogP contribution is -2.22. The number of ether oxygens (including phenoxy) is 1. The fourth-order valence-electron chi connectivity index (χ4n) is 1.93. The second-order valence-corrected chi connectivity index (χ2v) is 5.47.